The Kier molecular flexibility index (Phi) is 11.0. The molecule has 2 amide bonds. The third-order valence-electron chi connectivity index (χ3n) is 4.79. The Hall–Kier alpha value is -3.02. The minimum Gasteiger partial charge on any atom is -0.493 e. The molecule has 6 heteroatoms. The molecule has 2 rings (SSSR count). The molecule has 2 N–H and O–H groups in total. The van der Waals surface area contributed by atoms with Crippen LogP contribution in [0.4, 0.5) is 0 Å². The van der Waals surface area contributed by atoms with Crippen LogP contribution in [-0.2, 0) is 0 Å². The molecular formula is C25H34N2O4. The zero-order valence-corrected chi connectivity index (χ0v) is 18.6. The summed E-state index contributed by atoms with van der Waals surface area (Å²) in [5.41, 5.74) is 1.15. The van der Waals surface area contributed by atoms with Gasteiger partial charge in [-0.3, -0.25) is 9.59 Å². The summed E-state index contributed by atoms with van der Waals surface area (Å²) >= 11 is 0. The van der Waals surface area contributed by atoms with Crippen LogP contribution in [0.1, 0.15) is 66.7 Å². The summed E-state index contributed by atoms with van der Waals surface area (Å²) in [5.74, 6) is 1.04. The second-order valence-electron chi connectivity index (χ2n) is 7.14. The van der Waals surface area contributed by atoms with Gasteiger partial charge in [0.05, 0.1) is 24.3 Å². The molecule has 2 aromatic carbocycles. The zero-order chi connectivity index (χ0) is 22.3. The van der Waals surface area contributed by atoms with Crippen molar-refractivity contribution in [1.29, 1.82) is 0 Å². The van der Waals surface area contributed by atoms with Crippen LogP contribution < -0.4 is 20.1 Å². The summed E-state index contributed by atoms with van der Waals surface area (Å²) in [6.07, 6.45) is 4.99. The first-order valence-electron chi connectivity index (χ1n) is 11.2. The Morgan fingerprint density at radius 2 is 1.03 bits per heavy atom. The van der Waals surface area contributed by atoms with Crippen LogP contribution in [0, 0.1) is 0 Å². The fourth-order valence-electron chi connectivity index (χ4n) is 3.25. The zero-order valence-electron chi connectivity index (χ0n) is 18.6. The van der Waals surface area contributed by atoms with Gasteiger partial charge in [-0.25, -0.2) is 0 Å². The molecule has 0 aliphatic carbocycles. The first-order chi connectivity index (χ1) is 15.2. The van der Waals surface area contributed by atoms with E-state index in [0.717, 1.165) is 32.1 Å². The lowest BCUT2D eigenvalue weighted by molar-refractivity contribution is 0.0941. The summed E-state index contributed by atoms with van der Waals surface area (Å²) < 4.78 is 11.0. The number of carbonyl (C=O) groups excluding carboxylic acids is 2. The SMILES string of the molecule is CCOc1ccccc1C(=O)NCCCCCCCNC(=O)c1ccccc1OCC. The first kappa shape index (κ1) is 24.3. The van der Waals surface area contributed by atoms with Gasteiger partial charge in [0.1, 0.15) is 11.5 Å². The quantitative estimate of drug-likeness (QED) is 0.433. The molecule has 168 valence electrons. The van der Waals surface area contributed by atoms with Gasteiger partial charge in [-0.15, -0.1) is 0 Å². The molecule has 0 bridgehead atoms. The summed E-state index contributed by atoms with van der Waals surface area (Å²) in [6, 6.07) is 14.6. The van der Waals surface area contributed by atoms with Crippen molar-refractivity contribution in [3.05, 3.63) is 59.7 Å². The van der Waals surface area contributed by atoms with Crippen molar-refractivity contribution in [3.63, 3.8) is 0 Å². The monoisotopic (exact) mass is 426 g/mol. The van der Waals surface area contributed by atoms with Crippen LogP contribution in [0.5, 0.6) is 11.5 Å². The summed E-state index contributed by atoms with van der Waals surface area (Å²) in [7, 11) is 0. The van der Waals surface area contributed by atoms with E-state index in [1.165, 1.54) is 0 Å². The number of ether oxygens (including phenoxy) is 2. The van der Waals surface area contributed by atoms with Crippen molar-refractivity contribution < 1.29 is 19.1 Å². The Labute approximate surface area is 185 Å². The number of carbonyl (C=O) groups is 2. The summed E-state index contributed by atoms with van der Waals surface area (Å²) in [6.45, 7) is 6.15. The van der Waals surface area contributed by atoms with Gasteiger partial charge in [0, 0.05) is 13.1 Å². The second kappa shape index (κ2) is 14.1. The standard InChI is InChI=1S/C25H34N2O4/c1-3-30-22-16-10-8-14-20(22)24(28)26-18-12-6-5-7-13-19-27-25(29)21-15-9-11-17-23(21)31-4-2/h8-11,14-17H,3-7,12-13,18-19H2,1-2H3,(H,26,28)(H,27,29). The third kappa shape index (κ3) is 8.32. The molecule has 0 radical (unpaired) electrons. The average Bonchev–Trinajstić information content (AvgIpc) is 2.79. The fourth-order valence-corrected chi connectivity index (χ4v) is 3.25. The van der Waals surface area contributed by atoms with Crippen molar-refractivity contribution in [1.82, 2.24) is 10.6 Å². The highest BCUT2D eigenvalue weighted by atomic mass is 16.5. The number of hydrogen-bond acceptors (Lipinski definition) is 4. The third-order valence-corrected chi connectivity index (χ3v) is 4.79. The van der Waals surface area contributed by atoms with E-state index in [1.54, 1.807) is 12.1 Å². The molecule has 0 atom stereocenters. The highest BCUT2D eigenvalue weighted by Crippen LogP contribution is 2.18. The van der Waals surface area contributed by atoms with Crippen LogP contribution in [0.3, 0.4) is 0 Å². The predicted octanol–water partition coefficient (Wildman–Crippen LogP) is 4.59. The predicted molar refractivity (Wildman–Crippen MR) is 123 cm³/mol. The van der Waals surface area contributed by atoms with E-state index in [1.807, 2.05) is 50.2 Å². The van der Waals surface area contributed by atoms with Gasteiger partial charge in [0.2, 0.25) is 0 Å². The van der Waals surface area contributed by atoms with E-state index in [2.05, 4.69) is 10.6 Å². The van der Waals surface area contributed by atoms with Crippen LogP contribution in [-0.4, -0.2) is 38.1 Å². The molecule has 0 saturated heterocycles. The highest BCUT2D eigenvalue weighted by molar-refractivity contribution is 5.97. The van der Waals surface area contributed by atoms with Gasteiger partial charge in [0.25, 0.3) is 11.8 Å². The Balaban J connectivity index is 1.56. The van der Waals surface area contributed by atoms with Gasteiger partial charge in [-0.1, -0.05) is 43.5 Å². The number of rotatable bonds is 14. The molecule has 6 nitrogen and oxygen atoms in total. The topological polar surface area (TPSA) is 76.7 Å². The molecule has 0 saturated carbocycles. The van der Waals surface area contributed by atoms with Crippen LogP contribution >= 0.6 is 0 Å². The molecule has 2 aromatic rings. The Morgan fingerprint density at radius 3 is 1.45 bits per heavy atom. The number of hydrogen-bond donors (Lipinski definition) is 2. The molecule has 0 spiro atoms. The molecule has 0 aliphatic heterocycles. The van der Waals surface area contributed by atoms with Crippen molar-refractivity contribution in [3.8, 4) is 11.5 Å². The Morgan fingerprint density at radius 1 is 0.645 bits per heavy atom. The van der Waals surface area contributed by atoms with E-state index in [9.17, 15) is 9.59 Å². The minimum absolute atomic E-state index is 0.0981. The number of nitrogens with one attached hydrogen (secondary N) is 2. The largest absolute Gasteiger partial charge is 0.493 e. The van der Waals surface area contributed by atoms with E-state index < -0.39 is 0 Å². The van der Waals surface area contributed by atoms with Gasteiger partial charge in [0.15, 0.2) is 0 Å². The van der Waals surface area contributed by atoms with Crippen molar-refractivity contribution in [2.24, 2.45) is 0 Å². The molecule has 0 fully saturated rings. The Bertz CT molecular complexity index is 755. The smallest absolute Gasteiger partial charge is 0.255 e. The number of para-hydroxylation sites is 2. The molecular weight excluding hydrogens is 392 g/mol. The normalized spacial score (nSPS) is 10.4. The van der Waals surface area contributed by atoms with E-state index in [0.29, 0.717) is 48.9 Å². The summed E-state index contributed by atoms with van der Waals surface area (Å²) in [5, 5.41) is 5.92. The molecule has 0 aromatic heterocycles. The van der Waals surface area contributed by atoms with Gasteiger partial charge in [-0.05, 0) is 51.0 Å². The van der Waals surface area contributed by atoms with Crippen molar-refractivity contribution in [2.45, 2.75) is 46.0 Å². The lowest BCUT2D eigenvalue weighted by Crippen LogP contribution is -2.25. The molecule has 31 heavy (non-hydrogen) atoms. The average molecular weight is 427 g/mol. The lowest BCUT2D eigenvalue weighted by Gasteiger charge is -2.11. The molecule has 0 heterocycles. The van der Waals surface area contributed by atoms with Crippen LogP contribution in [0.15, 0.2) is 48.5 Å². The lowest BCUT2D eigenvalue weighted by atomic mass is 10.1. The fraction of sp³-hybridized carbons (Fsp3) is 0.440. The molecule has 0 aliphatic rings. The van der Waals surface area contributed by atoms with E-state index >= 15 is 0 Å². The highest BCUT2D eigenvalue weighted by Gasteiger charge is 2.12. The maximum Gasteiger partial charge on any atom is 0.255 e. The number of amides is 2. The maximum absolute atomic E-state index is 12.3. The van der Waals surface area contributed by atoms with E-state index in [-0.39, 0.29) is 11.8 Å². The maximum atomic E-state index is 12.3. The van der Waals surface area contributed by atoms with Crippen LogP contribution in [0.25, 0.3) is 0 Å². The van der Waals surface area contributed by atoms with Gasteiger partial charge >= 0.3 is 0 Å². The summed E-state index contributed by atoms with van der Waals surface area (Å²) in [4.78, 5) is 24.6. The van der Waals surface area contributed by atoms with Gasteiger partial charge in [-0.2, -0.15) is 0 Å². The van der Waals surface area contributed by atoms with E-state index in [4.69, 9.17) is 9.47 Å². The van der Waals surface area contributed by atoms with Crippen molar-refractivity contribution >= 4 is 11.8 Å². The number of benzene rings is 2. The minimum atomic E-state index is -0.0981. The van der Waals surface area contributed by atoms with Crippen LogP contribution in [0.2, 0.25) is 0 Å². The van der Waals surface area contributed by atoms with Gasteiger partial charge < -0.3 is 20.1 Å². The van der Waals surface area contributed by atoms with Crippen molar-refractivity contribution in [2.75, 3.05) is 26.3 Å². The first-order valence-corrected chi connectivity index (χ1v) is 11.2. The number of unbranched alkanes of at least 4 members (excludes halogenated alkanes) is 4. The molecule has 0 unspecified atom stereocenters. The second-order valence-corrected chi connectivity index (χ2v) is 7.14.